The Morgan fingerprint density at radius 2 is 1.87 bits per heavy atom. The molecule has 0 saturated heterocycles. The first kappa shape index (κ1) is 11.9. The van der Waals surface area contributed by atoms with E-state index in [4.69, 9.17) is 10.3 Å². The standard InChI is InChI=1S/C8H11NO5S/c9-5-8(10)6-1-3-7(4-2-6)14-15(11,12)13/h1-4,8,10H,5,9H2,(H,11,12,13). The van der Waals surface area contributed by atoms with Crippen LogP contribution in [-0.2, 0) is 10.4 Å². The molecule has 15 heavy (non-hydrogen) atoms. The normalized spacial score (nSPS) is 13.5. The monoisotopic (exact) mass is 233 g/mol. The average molecular weight is 233 g/mol. The van der Waals surface area contributed by atoms with E-state index in [0.29, 0.717) is 5.56 Å². The van der Waals surface area contributed by atoms with E-state index >= 15 is 0 Å². The number of aliphatic hydroxyl groups is 1. The fourth-order valence-corrected chi connectivity index (χ4v) is 1.36. The fraction of sp³-hybridized carbons (Fsp3) is 0.250. The fourth-order valence-electron chi connectivity index (χ4n) is 1.00. The highest BCUT2D eigenvalue weighted by molar-refractivity contribution is 7.81. The molecule has 0 heterocycles. The Kier molecular flexibility index (Phi) is 3.64. The third-order valence-electron chi connectivity index (χ3n) is 1.69. The molecule has 7 heteroatoms. The van der Waals surface area contributed by atoms with Crippen molar-refractivity contribution in [2.45, 2.75) is 6.10 Å². The Morgan fingerprint density at radius 1 is 1.33 bits per heavy atom. The number of benzene rings is 1. The van der Waals surface area contributed by atoms with Crippen molar-refractivity contribution in [2.24, 2.45) is 5.73 Å². The van der Waals surface area contributed by atoms with Crippen LogP contribution in [-0.4, -0.2) is 24.6 Å². The largest absolute Gasteiger partial charge is 0.446 e. The van der Waals surface area contributed by atoms with Gasteiger partial charge in [0.25, 0.3) is 0 Å². The van der Waals surface area contributed by atoms with Gasteiger partial charge in [-0.3, -0.25) is 4.55 Å². The molecular formula is C8H11NO5S. The lowest BCUT2D eigenvalue weighted by atomic mass is 10.1. The van der Waals surface area contributed by atoms with E-state index in [1.807, 2.05) is 0 Å². The van der Waals surface area contributed by atoms with E-state index in [1.165, 1.54) is 24.3 Å². The molecule has 0 aliphatic heterocycles. The second-order valence-electron chi connectivity index (χ2n) is 2.83. The van der Waals surface area contributed by atoms with Gasteiger partial charge in [0, 0.05) is 6.54 Å². The molecule has 0 aliphatic rings. The van der Waals surface area contributed by atoms with Gasteiger partial charge >= 0.3 is 10.4 Å². The average Bonchev–Trinajstić information content (AvgIpc) is 2.15. The number of rotatable bonds is 4. The third-order valence-corrected chi connectivity index (χ3v) is 2.09. The minimum Gasteiger partial charge on any atom is -0.387 e. The first-order valence-corrected chi connectivity index (χ1v) is 5.44. The summed E-state index contributed by atoms with van der Waals surface area (Å²) in [6, 6.07) is 5.53. The minimum absolute atomic E-state index is 0.0366. The summed E-state index contributed by atoms with van der Waals surface area (Å²) in [6.45, 7) is 0.0680. The summed E-state index contributed by atoms with van der Waals surface area (Å²) in [7, 11) is -4.50. The SMILES string of the molecule is NCC(O)c1ccc(OS(=O)(=O)O)cc1. The molecule has 1 aromatic rings. The van der Waals surface area contributed by atoms with Crippen LogP contribution in [0.15, 0.2) is 24.3 Å². The van der Waals surface area contributed by atoms with Crippen molar-refractivity contribution in [3.63, 3.8) is 0 Å². The van der Waals surface area contributed by atoms with Crippen LogP contribution >= 0.6 is 0 Å². The molecule has 0 aromatic heterocycles. The van der Waals surface area contributed by atoms with Gasteiger partial charge in [-0.15, -0.1) is 0 Å². The van der Waals surface area contributed by atoms with E-state index in [-0.39, 0.29) is 12.3 Å². The maximum Gasteiger partial charge on any atom is 0.446 e. The van der Waals surface area contributed by atoms with Crippen LogP contribution in [0.5, 0.6) is 5.75 Å². The number of hydrogen-bond donors (Lipinski definition) is 3. The molecule has 0 aliphatic carbocycles. The van der Waals surface area contributed by atoms with Crippen LogP contribution in [0, 0.1) is 0 Å². The van der Waals surface area contributed by atoms with E-state index < -0.39 is 16.5 Å². The van der Waals surface area contributed by atoms with Gasteiger partial charge in [0.05, 0.1) is 6.10 Å². The summed E-state index contributed by atoms with van der Waals surface area (Å²) in [5, 5.41) is 9.32. The van der Waals surface area contributed by atoms with E-state index in [0.717, 1.165) is 0 Å². The van der Waals surface area contributed by atoms with Gasteiger partial charge in [0.2, 0.25) is 0 Å². The van der Waals surface area contributed by atoms with Crippen LogP contribution in [0.1, 0.15) is 11.7 Å². The lowest BCUT2D eigenvalue weighted by Crippen LogP contribution is -2.11. The molecule has 1 rings (SSSR count). The molecule has 0 fully saturated rings. The predicted octanol–water partition coefficient (Wildman–Crippen LogP) is -0.140. The van der Waals surface area contributed by atoms with Crippen molar-refractivity contribution in [1.82, 2.24) is 0 Å². The zero-order valence-electron chi connectivity index (χ0n) is 7.70. The first-order valence-electron chi connectivity index (χ1n) is 4.07. The van der Waals surface area contributed by atoms with Gasteiger partial charge in [-0.25, -0.2) is 0 Å². The van der Waals surface area contributed by atoms with Gasteiger partial charge < -0.3 is 15.0 Å². The third kappa shape index (κ3) is 3.84. The van der Waals surface area contributed by atoms with Crippen LogP contribution in [0.3, 0.4) is 0 Å². The molecule has 0 radical (unpaired) electrons. The molecule has 6 nitrogen and oxygen atoms in total. The summed E-state index contributed by atoms with van der Waals surface area (Å²) in [6.07, 6.45) is -0.801. The Morgan fingerprint density at radius 3 is 2.27 bits per heavy atom. The molecular weight excluding hydrogens is 222 g/mol. The van der Waals surface area contributed by atoms with E-state index in [9.17, 15) is 13.5 Å². The number of nitrogens with two attached hydrogens (primary N) is 1. The minimum atomic E-state index is -4.50. The van der Waals surface area contributed by atoms with Crippen molar-refractivity contribution in [3.05, 3.63) is 29.8 Å². The molecule has 0 saturated carbocycles. The Hall–Kier alpha value is -1.15. The quantitative estimate of drug-likeness (QED) is 0.624. The highest BCUT2D eigenvalue weighted by atomic mass is 32.3. The maximum absolute atomic E-state index is 10.3. The van der Waals surface area contributed by atoms with Crippen LogP contribution in [0.25, 0.3) is 0 Å². The van der Waals surface area contributed by atoms with Gasteiger partial charge in [-0.1, -0.05) is 12.1 Å². The van der Waals surface area contributed by atoms with Crippen molar-refractivity contribution < 1.29 is 22.3 Å². The van der Waals surface area contributed by atoms with Crippen LogP contribution in [0.2, 0.25) is 0 Å². The molecule has 0 amide bonds. The lowest BCUT2D eigenvalue weighted by Gasteiger charge is -2.08. The number of hydrogen-bond acceptors (Lipinski definition) is 5. The zero-order chi connectivity index (χ0) is 11.5. The Balaban J connectivity index is 2.81. The number of aliphatic hydroxyl groups excluding tert-OH is 1. The van der Waals surface area contributed by atoms with Crippen molar-refractivity contribution in [3.8, 4) is 5.75 Å². The molecule has 84 valence electrons. The van der Waals surface area contributed by atoms with Crippen molar-refractivity contribution in [1.29, 1.82) is 0 Å². The van der Waals surface area contributed by atoms with Gasteiger partial charge in [-0.05, 0) is 17.7 Å². The Bertz CT molecular complexity index is 413. The first-order chi connectivity index (χ1) is 6.92. The topological polar surface area (TPSA) is 110 Å². The lowest BCUT2D eigenvalue weighted by molar-refractivity contribution is 0.186. The Labute approximate surface area is 87.2 Å². The van der Waals surface area contributed by atoms with Crippen LogP contribution < -0.4 is 9.92 Å². The zero-order valence-corrected chi connectivity index (χ0v) is 8.52. The molecule has 0 bridgehead atoms. The van der Waals surface area contributed by atoms with Gasteiger partial charge in [0.1, 0.15) is 5.75 Å². The van der Waals surface area contributed by atoms with Gasteiger partial charge in [0.15, 0.2) is 0 Å². The molecule has 1 atom stereocenters. The van der Waals surface area contributed by atoms with E-state index in [1.54, 1.807) is 0 Å². The highest BCUT2D eigenvalue weighted by Gasteiger charge is 2.08. The maximum atomic E-state index is 10.3. The van der Waals surface area contributed by atoms with E-state index in [2.05, 4.69) is 4.18 Å². The molecule has 1 unspecified atom stereocenters. The van der Waals surface area contributed by atoms with Gasteiger partial charge in [-0.2, -0.15) is 8.42 Å². The predicted molar refractivity (Wildman–Crippen MR) is 52.6 cm³/mol. The van der Waals surface area contributed by atoms with Crippen LogP contribution in [0.4, 0.5) is 0 Å². The second-order valence-corrected chi connectivity index (χ2v) is 3.85. The smallest absolute Gasteiger partial charge is 0.387 e. The highest BCUT2D eigenvalue weighted by Crippen LogP contribution is 2.17. The molecule has 1 aromatic carbocycles. The summed E-state index contributed by atoms with van der Waals surface area (Å²) in [4.78, 5) is 0. The summed E-state index contributed by atoms with van der Waals surface area (Å²) >= 11 is 0. The van der Waals surface area contributed by atoms with Crippen molar-refractivity contribution in [2.75, 3.05) is 6.54 Å². The second kappa shape index (κ2) is 4.58. The summed E-state index contributed by atoms with van der Waals surface area (Å²) < 4.78 is 33.2. The summed E-state index contributed by atoms with van der Waals surface area (Å²) in [5.74, 6) is -0.0366. The molecule has 4 N–H and O–H groups in total. The summed E-state index contributed by atoms with van der Waals surface area (Å²) in [5.41, 5.74) is 5.77. The molecule has 0 spiro atoms. The van der Waals surface area contributed by atoms with Crippen molar-refractivity contribution >= 4 is 10.4 Å².